The van der Waals surface area contributed by atoms with Crippen LogP contribution >= 0.6 is 0 Å². The topological polar surface area (TPSA) is 130 Å². The number of carboxylic acids is 2. The number of hydrogen-bond donors (Lipinski definition) is 3. The highest BCUT2D eigenvalue weighted by Crippen LogP contribution is 2.44. The lowest BCUT2D eigenvalue weighted by atomic mass is 9.92. The number of hydrogen-bond acceptors (Lipinski definition) is 6. The summed E-state index contributed by atoms with van der Waals surface area (Å²) in [6.45, 7) is 0. The van der Waals surface area contributed by atoms with Crippen molar-refractivity contribution in [1.29, 1.82) is 0 Å². The quantitative estimate of drug-likeness (QED) is 0.154. The van der Waals surface area contributed by atoms with Gasteiger partial charge < -0.3 is 24.8 Å². The maximum Gasteiger partial charge on any atom is 0.335 e. The molecule has 2 aliphatic carbocycles. The minimum atomic E-state index is -1.12. The Morgan fingerprint density at radius 1 is 0.674 bits per heavy atom. The van der Waals surface area contributed by atoms with Gasteiger partial charge in [0.15, 0.2) is 5.78 Å². The maximum atomic E-state index is 14.3. The first kappa shape index (κ1) is 32.3. The van der Waals surface area contributed by atoms with E-state index in [1.54, 1.807) is 12.1 Å². The van der Waals surface area contributed by atoms with E-state index in [4.69, 9.17) is 19.7 Å². The number of Topliss-reactive ketones (excluding diaryl/α,β-unsaturated/α-hetero) is 1. The second-order valence-corrected chi connectivity index (χ2v) is 11.3. The van der Waals surface area contributed by atoms with E-state index in [1.807, 2.05) is 0 Å². The zero-order valence-corrected chi connectivity index (χ0v) is 25.1. The number of benzene rings is 4. The second kappa shape index (κ2) is 13.5. The number of carbonyl (C=O) groups is 3. The molecule has 0 heterocycles. The van der Waals surface area contributed by atoms with Crippen molar-refractivity contribution in [2.24, 2.45) is 11.8 Å². The van der Waals surface area contributed by atoms with Crippen molar-refractivity contribution in [3.05, 3.63) is 107 Å². The fourth-order valence-electron chi connectivity index (χ4n) is 5.21. The average Bonchev–Trinajstić information content (AvgIpc) is 3.98. The standard InChI is InChI=1S/C18H17FO4.C18H15FO4/c2*1-23-12-5-7-16(19)14(9-12)13-6-4-11(18(21)22)8-15(13)17(20)10-2-3-10/h4-10,17,20H,2-3H2,1H3,(H,21,22);4-10H,2-3H2,1H3,(H,21,22). The van der Waals surface area contributed by atoms with Gasteiger partial charge in [-0.15, -0.1) is 0 Å². The third-order valence-electron chi connectivity index (χ3n) is 8.09. The van der Waals surface area contributed by atoms with Crippen molar-refractivity contribution < 1.29 is 48.0 Å². The first-order valence-corrected chi connectivity index (χ1v) is 14.7. The van der Waals surface area contributed by atoms with Gasteiger partial charge in [0.1, 0.15) is 23.1 Å². The Kier molecular flexibility index (Phi) is 9.48. The van der Waals surface area contributed by atoms with E-state index in [0.717, 1.165) is 25.7 Å². The molecule has 0 saturated heterocycles. The average molecular weight is 631 g/mol. The monoisotopic (exact) mass is 630 g/mol. The number of ether oxygens (including phenoxy) is 2. The minimum Gasteiger partial charge on any atom is -0.497 e. The summed E-state index contributed by atoms with van der Waals surface area (Å²) in [4.78, 5) is 34.9. The molecule has 0 amide bonds. The summed E-state index contributed by atoms with van der Waals surface area (Å²) < 4.78 is 38.7. The number of aliphatic hydroxyl groups is 1. The molecule has 2 fully saturated rings. The summed E-state index contributed by atoms with van der Waals surface area (Å²) in [5.41, 5.74) is 2.18. The lowest BCUT2D eigenvalue weighted by Crippen LogP contribution is -2.07. The molecule has 0 aromatic heterocycles. The van der Waals surface area contributed by atoms with E-state index in [0.29, 0.717) is 28.2 Å². The van der Waals surface area contributed by atoms with E-state index in [-0.39, 0.29) is 45.4 Å². The molecule has 0 radical (unpaired) electrons. The lowest BCUT2D eigenvalue weighted by molar-refractivity contribution is 0.0685. The van der Waals surface area contributed by atoms with Crippen LogP contribution in [0, 0.1) is 23.5 Å². The van der Waals surface area contributed by atoms with Crippen molar-refractivity contribution >= 4 is 17.7 Å². The molecule has 6 rings (SSSR count). The van der Waals surface area contributed by atoms with E-state index >= 15 is 0 Å². The smallest absolute Gasteiger partial charge is 0.335 e. The van der Waals surface area contributed by atoms with Gasteiger partial charge in [0.25, 0.3) is 0 Å². The fourth-order valence-corrected chi connectivity index (χ4v) is 5.21. The Morgan fingerprint density at radius 3 is 1.65 bits per heavy atom. The number of rotatable bonds is 10. The Balaban J connectivity index is 0.000000181. The van der Waals surface area contributed by atoms with Gasteiger partial charge in [-0.1, -0.05) is 12.1 Å². The van der Waals surface area contributed by atoms with E-state index < -0.39 is 29.7 Å². The van der Waals surface area contributed by atoms with E-state index in [2.05, 4.69) is 0 Å². The molecule has 238 valence electrons. The number of methoxy groups -OCH3 is 2. The minimum absolute atomic E-state index is 0.0149. The summed E-state index contributed by atoms with van der Waals surface area (Å²) >= 11 is 0. The molecule has 4 aromatic rings. The predicted molar refractivity (Wildman–Crippen MR) is 165 cm³/mol. The molecule has 10 heteroatoms. The molecule has 0 bridgehead atoms. The number of aliphatic hydroxyl groups excluding tert-OH is 1. The number of carboxylic acid groups (broad SMARTS) is 2. The summed E-state index contributed by atoms with van der Waals surface area (Å²) in [5, 5.41) is 28.8. The molecule has 1 atom stereocenters. The van der Waals surface area contributed by atoms with Gasteiger partial charge in [0.05, 0.1) is 31.5 Å². The first-order chi connectivity index (χ1) is 22.0. The summed E-state index contributed by atoms with van der Waals surface area (Å²) in [6, 6.07) is 17.2. The molecule has 0 spiro atoms. The van der Waals surface area contributed by atoms with E-state index in [1.165, 1.54) is 74.9 Å². The van der Waals surface area contributed by atoms with Crippen LogP contribution in [-0.4, -0.2) is 47.3 Å². The van der Waals surface area contributed by atoms with Gasteiger partial charge in [-0.25, -0.2) is 18.4 Å². The van der Waals surface area contributed by atoms with Gasteiger partial charge in [-0.3, -0.25) is 4.79 Å². The molecule has 8 nitrogen and oxygen atoms in total. The zero-order valence-electron chi connectivity index (χ0n) is 25.1. The van der Waals surface area contributed by atoms with Crippen LogP contribution in [0.25, 0.3) is 22.3 Å². The van der Waals surface area contributed by atoms with Gasteiger partial charge in [-0.05, 0) is 109 Å². The van der Waals surface area contributed by atoms with Crippen molar-refractivity contribution in [2.45, 2.75) is 31.8 Å². The number of halogens is 2. The SMILES string of the molecule is COc1ccc(F)c(-c2ccc(C(=O)O)cc2C(=O)C2CC2)c1.COc1ccc(F)c(-c2ccc(C(=O)O)cc2C(O)C2CC2)c1. The van der Waals surface area contributed by atoms with Gasteiger partial charge >= 0.3 is 11.9 Å². The van der Waals surface area contributed by atoms with Crippen molar-refractivity contribution in [3.63, 3.8) is 0 Å². The molecule has 0 aliphatic heterocycles. The molecule has 2 aliphatic rings. The highest BCUT2D eigenvalue weighted by atomic mass is 19.1. The lowest BCUT2D eigenvalue weighted by Gasteiger charge is -2.17. The normalized spacial score (nSPS) is 14.5. The number of ketones is 1. The van der Waals surface area contributed by atoms with Gasteiger partial charge in [-0.2, -0.15) is 0 Å². The first-order valence-electron chi connectivity index (χ1n) is 14.7. The highest BCUT2D eigenvalue weighted by Gasteiger charge is 2.34. The Bertz CT molecular complexity index is 1810. The van der Waals surface area contributed by atoms with Crippen LogP contribution in [0.3, 0.4) is 0 Å². The van der Waals surface area contributed by atoms with E-state index in [9.17, 15) is 28.3 Å². The fraction of sp³-hybridized carbons (Fsp3) is 0.250. The number of carbonyl (C=O) groups excluding carboxylic acids is 1. The predicted octanol–water partition coefficient (Wildman–Crippen LogP) is 7.44. The van der Waals surface area contributed by atoms with Crippen LogP contribution in [-0.2, 0) is 0 Å². The summed E-state index contributed by atoms with van der Waals surface area (Å²) in [6.07, 6.45) is 2.55. The molecular weight excluding hydrogens is 598 g/mol. The molecular formula is C36H32F2O8. The van der Waals surface area contributed by atoms with Crippen LogP contribution in [0.4, 0.5) is 8.78 Å². The van der Waals surface area contributed by atoms with Gasteiger partial charge in [0, 0.05) is 22.6 Å². The van der Waals surface area contributed by atoms with Crippen LogP contribution < -0.4 is 9.47 Å². The van der Waals surface area contributed by atoms with Crippen LogP contribution in [0.2, 0.25) is 0 Å². The van der Waals surface area contributed by atoms with Crippen molar-refractivity contribution in [3.8, 4) is 33.8 Å². The van der Waals surface area contributed by atoms with Crippen LogP contribution in [0.15, 0.2) is 72.8 Å². The van der Waals surface area contributed by atoms with Crippen LogP contribution in [0.5, 0.6) is 11.5 Å². The van der Waals surface area contributed by atoms with Crippen molar-refractivity contribution in [2.75, 3.05) is 14.2 Å². The largest absolute Gasteiger partial charge is 0.497 e. The molecule has 1 unspecified atom stereocenters. The van der Waals surface area contributed by atoms with Gasteiger partial charge in [0.2, 0.25) is 0 Å². The van der Waals surface area contributed by atoms with Crippen molar-refractivity contribution in [1.82, 2.24) is 0 Å². The third-order valence-corrected chi connectivity index (χ3v) is 8.09. The zero-order chi connectivity index (χ0) is 33.1. The summed E-state index contributed by atoms with van der Waals surface area (Å²) in [5.74, 6) is -2.29. The van der Waals surface area contributed by atoms with Crippen LogP contribution in [0.1, 0.15) is 68.4 Å². The Morgan fingerprint density at radius 2 is 1.17 bits per heavy atom. The Hall–Kier alpha value is -5.09. The number of aromatic carboxylic acids is 2. The molecule has 46 heavy (non-hydrogen) atoms. The molecule has 2 saturated carbocycles. The third kappa shape index (κ3) is 7.07. The second-order valence-electron chi connectivity index (χ2n) is 11.3. The highest BCUT2D eigenvalue weighted by molar-refractivity contribution is 6.06. The Labute approximate surface area is 263 Å². The molecule has 3 N–H and O–H groups in total. The maximum absolute atomic E-state index is 14.3. The molecule has 4 aromatic carbocycles. The summed E-state index contributed by atoms with van der Waals surface area (Å²) in [7, 11) is 2.96.